The summed E-state index contributed by atoms with van der Waals surface area (Å²) >= 11 is 0. The largest absolute Gasteiger partial charge is 0.310 e. The summed E-state index contributed by atoms with van der Waals surface area (Å²) in [7, 11) is 0. The highest BCUT2D eigenvalue weighted by atomic mass is 15.6. The standard InChI is InChI=1S/C21H21N5/c1-2-6-17(7-3-1)15-24-10-12-25(13-11-24)26-19-9-5-4-8-18(19)21-20(26)14-22-16-23-21/h1-9,14,16H,10-13,15H2. The first kappa shape index (κ1) is 15.3. The van der Waals surface area contributed by atoms with E-state index < -0.39 is 0 Å². The molecule has 0 N–H and O–H groups in total. The second kappa shape index (κ2) is 6.42. The third-order valence-electron chi connectivity index (χ3n) is 5.19. The van der Waals surface area contributed by atoms with Crippen molar-refractivity contribution in [3.8, 4) is 0 Å². The Morgan fingerprint density at radius 2 is 1.58 bits per heavy atom. The van der Waals surface area contributed by atoms with Gasteiger partial charge in [0.05, 0.1) is 11.7 Å². The average Bonchev–Trinajstić information content (AvgIpc) is 3.04. The van der Waals surface area contributed by atoms with E-state index in [1.807, 2.05) is 6.20 Å². The summed E-state index contributed by atoms with van der Waals surface area (Å²) in [4.78, 5) is 11.3. The number of nitrogens with zero attached hydrogens (tertiary/aromatic N) is 5. The molecule has 5 nitrogen and oxygen atoms in total. The van der Waals surface area contributed by atoms with Gasteiger partial charge in [-0.15, -0.1) is 0 Å². The summed E-state index contributed by atoms with van der Waals surface area (Å²) in [6.07, 6.45) is 3.57. The first-order chi connectivity index (χ1) is 12.9. The quantitative estimate of drug-likeness (QED) is 0.573. The molecule has 0 spiro atoms. The van der Waals surface area contributed by atoms with Crippen molar-refractivity contribution in [2.24, 2.45) is 0 Å². The fraction of sp³-hybridized carbons (Fsp3) is 0.238. The number of para-hydroxylation sites is 1. The smallest absolute Gasteiger partial charge is 0.116 e. The first-order valence-electron chi connectivity index (χ1n) is 9.11. The molecule has 1 saturated heterocycles. The van der Waals surface area contributed by atoms with Crippen molar-refractivity contribution in [1.82, 2.24) is 19.5 Å². The van der Waals surface area contributed by atoms with Gasteiger partial charge in [0, 0.05) is 38.1 Å². The summed E-state index contributed by atoms with van der Waals surface area (Å²) in [5.41, 5.74) is 4.71. The lowest BCUT2D eigenvalue weighted by molar-refractivity contribution is 0.235. The van der Waals surface area contributed by atoms with E-state index in [4.69, 9.17) is 0 Å². The Hall–Kier alpha value is -2.92. The van der Waals surface area contributed by atoms with Gasteiger partial charge in [0.15, 0.2) is 0 Å². The fourth-order valence-corrected chi connectivity index (χ4v) is 3.91. The summed E-state index contributed by atoms with van der Waals surface area (Å²) in [5.74, 6) is 0. The van der Waals surface area contributed by atoms with Gasteiger partial charge in [-0.2, -0.15) is 0 Å². The molecule has 0 aliphatic carbocycles. The van der Waals surface area contributed by atoms with Gasteiger partial charge in [-0.25, -0.2) is 9.97 Å². The van der Waals surface area contributed by atoms with Crippen LogP contribution < -0.4 is 5.01 Å². The van der Waals surface area contributed by atoms with Crippen LogP contribution in [0.4, 0.5) is 0 Å². The van der Waals surface area contributed by atoms with Crippen LogP contribution in [0.15, 0.2) is 67.1 Å². The zero-order chi connectivity index (χ0) is 17.3. The Balaban J connectivity index is 1.43. The van der Waals surface area contributed by atoms with E-state index in [2.05, 4.69) is 79.2 Å². The monoisotopic (exact) mass is 343 g/mol. The Morgan fingerprint density at radius 1 is 0.808 bits per heavy atom. The molecule has 5 rings (SSSR count). The van der Waals surface area contributed by atoms with E-state index in [0.29, 0.717) is 0 Å². The summed E-state index contributed by atoms with van der Waals surface area (Å²) in [6, 6.07) is 19.2. The maximum Gasteiger partial charge on any atom is 0.116 e. The molecule has 2 aromatic heterocycles. The van der Waals surface area contributed by atoms with Crippen molar-refractivity contribution >= 4 is 21.9 Å². The van der Waals surface area contributed by atoms with Gasteiger partial charge in [0.2, 0.25) is 0 Å². The molecule has 1 fully saturated rings. The molecule has 4 aromatic rings. The lowest BCUT2D eigenvalue weighted by Crippen LogP contribution is -2.50. The molecule has 0 amide bonds. The van der Waals surface area contributed by atoms with Crippen LogP contribution in [0.3, 0.4) is 0 Å². The van der Waals surface area contributed by atoms with Crippen LogP contribution in [-0.4, -0.2) is 45.7 Å². The Bertz CT molecular complexity index is 979. The van der Waals surface area contributed by atoms with Gasteiger partial charge in [-0.05, 0) is 11.6 Å². The number of piperazine rings is 1. The third kappa shape index (κ3) is 2.61. The highest BCUT2D eigenvalue weighted by Crippen LogP contribution is 2.27. The molecule has 1 aliphatic heterocycles. The van der Waals surface area contributed by atoms with Crippen molar-refractivity contribution in [3.05, 3.63) is 72.7 Å². The lowest BCUT2D eigenvalue weighted by atomic mass is 10.2. The minimum absolute atomic E-state index is 0.996. The number of fused-ring (bicyclic) bond motifs is 3. The van der Waals surface area contributed by atoms with Gasteiger partial charge >= 0.3 is 0 Å². The molecule has 0 radical (unpaired) electrons. The van der Waals surface area contributed by atoms with Gasteiger partial charge in [-0.1, -0.05) is 48.5 Å². The van der Waals surface area contributed by atoms with E-state index in [9.17, 15) is 0 Å². The number of hydrogen-bond acceptors (Lipinski definition) is 4. The zero-order valence-corrected chi connectivity index (χ0v) is 14.6. The number of aromatic nitrogens is 3. The van der Waals surface area contributed by atoms with Crippen LogP contribution in [0.5, 0.6) is 0 Å². The van der Waals surface area contributed by atoms with Crippen LogP contribution >= 0.6 is 0 Å². The van der Waals surface area contributed by atoms with Crippen molar-refractivity contribution in [3.63, 3.8) is 0 Å². The minimum atomic E-state index is 0.996. The Morgan fingerprint density at radius 3 is 2.42 bits per heavy atom. The van der Waals surface area contributed by atoms with E-state index in [-0.39, 0.29) is 0 Å². The lowest BCUT2D eigenvalue weighted by Gasteiger charge is -2.37. The van der Waals surface area contributed by atoms with Crippen molar-refractivity contribution in [2.75, 3.05) is 31.2 Å². The number of hydrogen-bond donors (Lipinski definition) is 0. The molecule has 0 atom stereocenters. The van der Waals surface area contributed by atoms with E-state index in [1.54, 1.807) is 6.33 Å². The molecular formula is C21H21N5. The normalized spacial score (nSPS) is 15.8. The van der Waals surface area contributed by atoms with Gasteiger partial charge < -0.3 is 5.01 Å². The maximum atomic E-state index is 4.53. The van der Waals surface area contributed by atoms with Crippen LogP contribution in [0.1, 0.15) is 5.56 Å². The topological polar surface area (TPSA) is 37.2 Å². The number of benzene rings is 2. The van der Waals surface area contributed by atoms with Crippen LogP contribution in [0.25, 0.3) is 21.9 Å². The Kier molecular flexibility index (Phi) is 3.79. The summed E-state index contributed by atoms with van der Waals surface area (Å²) in [6.45, 7) is 5.11. The maximum absolute atomic E-state index is 4.53. The highest BCUT2D eigenvalue weighted by Gasteiger charge is 2.21. The average molecular weight is 343 g/mol. The second-order valence-corrected chi connectivity index (χ2v) is 6.80. The van der Waals surface area contributed by atoms with Gasteiger partial charge in [0.25, 0.3) is 0 Å². The van der Waals surface area contributed by atoms with Crippen LogP contribution in [0, 0.1) is 0 Å². The Labute approximate surface area is 152 Å². The second-order valence-electron chi connectivity index (χ2n) is 6.80. The molecule has 0 unspecified atom stereocenters. The molecular weight excluding hydrogens is 322 g/mol. The van der Waals surface area contributed by atoms with Crippen LogP contribution in [-0.2, 0) is 6.54 Å². The highest BCUT2D eigenvalue weighted by molar-refractivity contribution is 6.05. The van der Waals surface area contributed by atoms with E-state index in [1.165, 1.54) is 16.5 Å². The third-order valence-corrected chi connectivity index (χ3v) is 5.19. The molecule has 3 heterocycles. The zero-order valence-electron chi connectivity index (χ0n) is 14.6. The van der Waals surface area contributed by atoms with Gasteiger partial charge in [0.1, 0.15) is 17.4 Å². The predicted octanol–water partition coefficient (Wildman–Crippen LogP) is 3.04. The predicted molar refractivity (Wildman–Crippen MR) is 105 cm³/mol. The molecule has 2 aromatic carbocycles. The minimum Gasteiger partial charge on any atom is -0.310 e. The summed E-state index contributed by atoms with van der Waals surface area (Å²) in [5, 5.41) is 3.62. The summed E-state index contributed by atoms with van der Waals surface area (Å²) < 4.78 is 2.31. The molecule has 130 valence electrons. The molecule has 26 heavy (non-hydrogen) atoms. The molecule has 0 bridgehead atoms. The van der Waals surface area contributed by atoms with E-state index >= 15 is 0 Å². The number of rotatable bonds is 3. The van der Waals surface area contributed by atoms with E-state index in [0.717, 1.165) is 43.8 Å². The fourth-order valence-electron chi connectivity index (χ4n) is 3.91. The van der Waals surface area contributed by atoms with Crippen molar-refractivity contribution < 1.29 is 0 Å². The molecule has 0 saturated carbocycles. The first-order valence-corrected chi connectivity index (χ1v) is 9.11. The van der Waals surface area contributed by atoms with Gasteiger partial charge in [-0.3, -0.25) is 9.58 Å². The van der Waals surface area contributed by atoms with Crippen molar-refractivity contribution in [1.29, 1.82) is 0 Å². The molecule has 5 heteroatoms. The SMILES string of the molecule is c1ccc(CN2CCN(n3c4ccccc4c4ncncc43)CC2)cc1. The van der Waals surface area contributed by atoms with Crippen molar-refractivity contribution in [2.45, 2.75) is 6.54 Å². The molecule has 1 aliphatic rings. The van der Waals surface area contributed by atoms with Crippen LogP contribution in [0.2, 0.25) is 0 Å².